The third-order valence-corrected chi connectivity index (χ3v) is 3.09. The van der Waals surface area contributed by atoms with Gasteiger partial charge in [0, 0.05) is 5.92 Å². The van der Waals surface area contributed by atoms with Crippen LogP contribution in [0.5, 0.6) is 0 Å². The summed E-state index contributed by atoms with van der Waals surface area (Å²) < 4.78 is 4.89. The first-order valence-corrected chi connectivity index (χ1v) is 6.44. The molecule has 2 rings (SSSR count). The van der Waals surface area contributed by atoms with Gasteiger partial charge < -0.3 is 15.4 Å². The Morgan fingerprint density at radius 2 is 2.21 bits per heavy atom. The van der Waals surface area contributed by atoms with Crippen LogP contribution in [0.2, 0.25) is 0 Å². The number of aromatic amines is 1. The highest BCUT2D eigenvalue weighted by molar-refractivity contribution is 6.00. The Bertz CT molecular complexity index is 452. The van der Waals surface area contributed by atoms with E-state index >= 15 is 0 Å². The fourth-order valence-electron chi connectivity index (χ4n) is 2.05. The van der Waals surface area contributed by atoms with E-state index in [9.17, 15) is 9.59 Å². The molecule has 0 radical (unpaired) electrons. The van der Waals surface area contributed by atoms with E-state index in [1.807, 2.05) is 0 Å². The summed E-state index contributed by atoms with van der Waals surface area (Å²) in [6.45, 7) is 3.69. The van der Waals surface area contributed by atoms with Gasteiger partial charge in [-0.05, 0) is 32.9 Å². The molecule has 0 atom stereocenters. The zero-order valence-corrected chi connectivity index (χ0v) is 10.9. The van der Waals surface area contributed by atoms with Crippen molar-refractivity contribution in [3.05, 3.63) is 11.8 Å². The SMILES string of the molecule is CCOC(=O)c1cn[nH]c1NC(=O)C1CCNCC1. The van der Waals surface area contributed by atoms with Crippen molar-refractivity contribution in [2.45, 2.75) is 19.8 Å². The van der Waals surface area contributed by atoms with Crippen molar-refractivity contribution >= 4 is 17.7 Å². The monoisotopic (exact) mass is 266 g/mol. The van der Waals surface area contributed by atoms with Gasteiger partial charge >= 0.3 is 5.97 Å². The zero-order chi connectivity index (χ0) is 13.7. The molecule has 0 bridgehead atoms. The first-order valence-electron chi connectivity index (χ1n) is 6.44. The van der Waals surface area contributed by atoms with Gasteiger partial charge in [-0.1, -0.05) is 0 Å². The predicted molar refractivity (Wildman–Crippen MR) is 68.8 cm³/mol. The summed E-state index contributed by atoms with van der Waals surface area (Å²) in [7, 11) is 0. The Morgan fingerprint density at radius 1 is 1.47 bits per heavy atom. The third kappa shape index (κ3) is 3.31. The van der Waals surface area contributed by atoms with Crippen molar-refractivity contribution in [1.82, 2.24) is 15.5 Å². The first kappa shape index (κ1) is 13.5. The van der Waals surface area contributed by atoms with Crippen LogP contribution < -0.4 is 10.6 Å². The molecule has 1 saturated heterocycles. The smallest absolute Gasteiger partial charge is 0.343 e. The molecule has 1 aliphatic heterocycles. The largest absolute Gasteiger partial charge is 0.462 e. The minimum absolute atomic E-state index is 0.0282. The van der Waals surface area contributed by atoms with Gasteiger partial charge in [-0.25, -0.2) is 4.79 Å². The number of ether oxygens (including phenoxy) is 1. The molecule has 2 heterocycles. The quantitative estimate of drug-likeness (QED) is 0.691. The van der Waals surface area contributed by atoms with E-state index < -0.39 is 5.97 Å². The number of rotatable bonds is 4. The van der Waals surface area contributed by atoms with Crippen molar-refractivity contribution in [1.29, 1.82) is 0 Å². The second-order valence-corrected chi connectivity index (χ2v) is 4.39. The van der Waals surface area contributed by atoms with Crippen molar-refractivity contribution in [3.8, 4) is 0 Å². The van der Waals surface area contributed by atoms with Gasteiger partial charge in [0.25, 0.3) is 0 Å². The summed E-state index contributed by atoms with van der Waals surface area (Å²) in [5.41, 5.74) is 0.254. The van der Waals surface area contributed by atoms with Gasteiger partial charge in [-0.15, -0.1) is 0 Å². The van der Waals surface area contributed by atoms with E-state index in [-0.39, 0.29) is 24.0 Å². The van der Waals surface area contributed by atoms with E-state index in [1.54, 1.807) is 6.92 Å². The van der Waals surface area contributed by atoms with E-state index in [4.69, 9.17) is 4.74 Å². The van der Waals surface area contributed by atoms with Gasteiger partial charge in [0.2, 0.25) is 5.91 Å². The number of piperidine rings is 1. The Balaban J connectivity index is 2.00. The molecule has 7 heteroatoms. The standard InChI is InChI=1S/C12H18N4O3/c1-2-19-12(18)9-7-14-16-10(9)15-11(17)8-3-5-13-6-4-8/h7-8,13H,2-6H2,1H3,(H2,14,15,16,17). The zero-order valence-electron chi connectivity index (χ0n) is 10.9. The average molecular weight is 266 g/mol. The summed E-state index contributed by atoms with van der Waals surface area (Å²) in [4.78, 5) is 23.7. The maximum Gasteiger partial charge on any atom is 0.343 e. The molecule has 7 nitrogen and oxygen atoms in total. The molecule has 19 heavy (non-hydrogen) atoms. The Hall–Kier alpha value is -1.89. The summed E-state index contributed by atoms with van der Waals surface area (Å²) in [6.07, 6.45) is 2.96. The number of nitrogens with zero attached hydrogens (tertiary/aromatic N) is 1. The number of aromatic nitrogens is 2. The van der Waals surface area contributed by atoms with Crippen LogP contribution in [0, 0.1) is 5.92 Å². The highest BCUT2D eigenvalue weighted by atomic mass is 16.5. The summed E-state index contributed by atoms with van der Waals surface area (Å²) in [5, 5.41) is 12.3. The van der Waals surface area contributed by atoms with Crippen LogP contribution in [0.4, 0.5) is 5.82 Å². The molecule has 0 unspecified atom stereocenters. The number of amides is 1. The lowest BCUT2D eigenvalue weighted by Crippen LogP contribution is -2.34. The molecule has 1 aromatic heterocycles. The van der Waals surface area contributed by atoms with E-state index in [2.05, 4.69) is 20.8 Å². The number of hydrogen-bond donors (Lipinski definition) is 3. The lowest BCUT2D eigenvalue weighted by atomic mass is 9.97. The van der Waals surface area contributed by atoms with Crippen molar-refractivity contribution < 1.29 is 14.3 Å². The number of anilines is 1. The molecular formula is C12H18N4O3. The van der Waals surface area contributed by atoms with Crippen LogP contribution in [-0.4, -0.2) is 41.8 Å². The molecule has 1 aliphatic rings. The van der Waals surface area contributed by atoms with Crippen molar-refractivity contribution in [2.75, 3.05) is 25.0 Å². The number of esters is 1. The average Bonchev–Trinajstić information content (AvgIpc) is 2.88. The van der Waals surface area contributed by atoms with Crippen LogP contribution in [0.15, 0.2) is 6.20 Å². The first-order chi connectivity index (χ1) is 9.22. The maximum atomic E-state index is 12.1. The molecular weight excluding hydrogens is 248 g/mol. The van der Waals surface area contributed by atoms with Crippen LogP contribution in [0.25, 0.3) is 0 Å². The normalized spacial score (nSPS) is 16.1. The highest BCUT2D eigenvalue weighted by Crippen LogP contribution is 2.17. The number of carbonyl (C=O) groups is 2. The third-order valence-electron chi connectivity index (χ3n) is 3.09. The molecule has 1 amide bonds. The van der Waals surface area contributed by atoms with Gasteiger partial charge in [-0.3, -0.25) is 9.89 Å². The molecule has 1 aromatic rings. The van der Waals surface area contributed by atoms with Gasteiger partial charge in [0.15, 0.2) is 0 Å². The molecule has 104 valence electrons. The Kier molecular flexibility index (Phi) is 4.51. The van der Waals surface area contributed by atoms with E-state index in [0.29, 0.717) is 5.82 Å². The topological polar surface area (TPSA) is 96.1 Å². The molecule has 0 spiro atoms. The lowest BCUT2D eigenvalue weighted by Gasteiger charge is -2.21. The minimum atomic E-state index is -0.489. The number of H-pyrrole nitrogens is 1. The number of nitrogens with one attached hydrogen (secondary N) is 3. The number of carbonyl (C=O) groups excluding carboxylic acids is 2. The van der Waals surface area contributed by atoms with Crippen LogP contribution >= 0.6 is 0 Å². The maximum absolute atomic E-state index is 12.1. The predicted octanol–water partition coefficient (Wildman–Crippen LogP) is 0.524. The summed E-state index contributed by atoms with van der Waals surface area (Å²) in [6, 6.07) is 0. The van der Waals surface area contributed by atoms with E-state index in [1.165, 1.54) is 6.20 Å². The Morgan fingerprint density at radius 3 is 2.89 bits per heavy atom. The van der Waals surface area contributed by atoms with Crippen molar-refractivity contribution in [3.63, 3.8) is 0 Å². The number of hydrogen-bond acceptors (Lipinski definition) is 5. The second kappa shape index (κ2) is 6.33. The van der Waals surface area contributed by atoms with Crippen LogP contribution in [0.1, 0.15) is 30.1 Å². The molecule has 0 aliphatic carbocycles. The second-order valence-electron chi connectivity index (χ2n) is 4.39. The van der Waals surface area contributed by atoms with E-state index in [0.717, 1.165) is 25.9 Å². The fraction of sp³-hybridized carbons (Fsp3) is 0.583. The van der Waals surface area contributed by atoms with Crippen LogP contribution in [-0.2, 0) is 9.53 Å². The summed E-state index contributed by atoms with van der Waals surface area (Å²) in [5.74, 6) is -0.297. The van der Waals surface area contributed by atoms with Crippen molar-refractivity contribution in [2.24, 2.45) is 5.92 Å². The fourth-order valence-corrected chi connectivity index (χ4v) is 2.05. The Labute approximate surface area is 111 Å². The van der Waals surface area contributed by atoms with Gasteiger partial charge in [-0.2, -0.15) is 5.10 Å². The molecule has 3 N–H and O–H groups in total. The van der Waals surface area contributed by atoms with Crippen LogP contribution in [0.3, 0.4) is 0 Å². The minimum Gasteiger partial charge on any atom is -0.462 e. The molecule has 0 aromatic carbocycles. The molecule has 1 fully saturated rings. The highest BCUT2D eigenvalue weighted by Gasteiger charge is 2.23. The van der Waals surface area contributed by atoms with Gasteiger partial charge in [0.1, 0.15) is 11.4 Å². The lowest BCUT2D eigenvalue weighted by molar-refractivity contribution is -0.120. The summed E-state index contributed by atoms with van der Waals surface area (Å²) >= 11 is 0. The molecule has 0 saturated carbocycles. The van der Waals surface area contributed by atoms with Gasteiger partial charge in [0.05, 0.1) is 12.8 Å².